The van der Waals surface area contributed by atoms with E-state index in [2.05, 4.69) is 15.9 Å². The van der Waals surface area contributed by atoms with Crippen molar-refractivity contribution in [3.05, 3.63) is 22.2 Å². The van der Waals surface area contributed by atoms with Gasteiger partial charge in [0.25, 0.3) is 0 Å². The molecule has 1 atom stereocenters. The number of aliphatic carboxylic acids is 1. The van der Waals surface area contributed by atoms with Gasteiger partial charge in [-0.25, -0.2) is 0 Å². The highest BCUT2D eigenvalue weighted by atomic mass is 79.9. The maximum Gasteiger partial charge on any atom is 0.320 e. The van der Waals surface area contributed by atoms with Crippen LogP contribution >= 0.6 is 15.9 Å². The van der Waals surface area contributed by atoms with Gasteiger partial charge in [0.2, 0.25) is 0 Å². The second kappa shape index (κ2) is 6.61. The normalized spacial score (nSPS) is 12.0. The van der Waals surface area contributed by atoms with Crippen LogP contribution in [-0.4, -0.2) is 30.8 Å². The van der Waals surface area contributed by atoms with Crippen LogP contribution in [0.25, 0.3) is 0 Å². The van der Waals surface area contributed by atoms with E-state index in [0.717, 1.165) is 5.56 Å². The number of carboxylic acid groups (broad SMARTS) is 1. The molecular weight excluding hydrogens is 302 g/mol. The SMILES string of the molecule is CCOc1cc(CC(N)C(=O)O)cc(Br)c1OC. The molecule has 0 saturated heterocycles. The molecule has 1 aromatic carbocycles. The van der Waals surface area contributed by atoms with Gasteiger partial charge in [0.1, 0.15) is 6.04 Å². The van der Waals surface area contributed by atoms with Crippen molar-refractivity contribution in [2.45, 2.75) is 19.4 Å². The topological polar surface area (TPSA) is 81.8 Å². The molecule has 5 nitrogen and oxygen atoms in total. The Morgan fingerprint density at radius 2 is 2.22 bits per heavy atom. The number of rotatable bonds is 6. The molecule has 6 heteroatoms. The summed E-state index contributed by atoms with van der Waals surface area (Å²) in [6.45, 7) is 2.36. The van der Waals surface area contributed by atoms with Crippen molar-refractivity contribution in [2.75, 3.05) is 13.7 Å². The van der Waals surface area contributed by atoms with Crippen LogP contribution in [0.3, 0.4) is 0 Å². The van der Waals surface area contributed by atoms with Gasteiger partial charge in [-0.2, -0.15) is 0 Å². The van der Waals surface area contributed by atoms with Crippen LogP contribution in [0.5, 0.6) is 11.5 Å². The summed E-state index contributed by atoms with van der Waals surface area (Å²) in [5.41, 5.74) is 6.28. The number of carbonyl (C=O) groups is 1. The fourth-order valence-corrected chi connectivity index (χ4v) is 2.19. The molecule has 18 heavy (non-hydrogen) atoms. The zero-order valence-electron chi connectivity index (χ0n) is 10.3. The average Bonchev–Trinajstić information content (AvgIpc) is 2.29. The summed E-state index contributed by atoms with van der Waals surface area (Å²) < 4.78 is 11.4. The Morgan fingerprint density at radius 1 is 1.56 bits per heavy atom. The van der Waals surface area contributed by atoms with E-state index in [4.69, 9.17) is 20.3 Å². The van der Waals surface area contributed by atoms with Crippen molar-refractivity contribution in [1.82, 2.24) is 0 Å². The molecule has 0 aliphatic heterocycles. The molecule has 1 unspecified atom stereocenters. The fraction of sp³-hybridized carbons (Fsp3) is 0.417. The Morgan fingerprint density at radius 3 is 2.72 bits per heavy atom. The maximum atomic E-state index is 10.7. The van der Waals surface area contributed by atoms with E-state index in [1.165, 1.54) is 0 Å². The summed E-state index contributed by atoms with van der Waals surface area (Å²) in [6.07, 6.45) is 0.234. The number of nitrogens with two attached hydrogens (primary N) is 1. The van der Waals surface area contributed by atoms with Crippen molar-refractivity contribution >= 4 is 21.9 Å². The van der Waals surface area contributed by atoms with Gasteiger partial charge in [0.05, 0.1) is 18.2 Å². The minimum atomic E-state index is -1.03. The van der Waals surface area contributed by atoms with E-state index < -0.39 is 12.0 Å². The monoisotopic (exact) mass is 317 g/mol. The first kappa shape index (κ1) is 14.8. The molecule has 0 radical (unpaired) electrons. The first-order chi connectivity index (χ1) is 8.49. The number of methoxy groups -OCH3 is 1. The molecule has 0 aromatic heterocycles. The molecular formula is C12H16BrNO4. The average molecular weight is 318 g/mol. The van der Waals surface area contributed by atoms with Gasteiger partial charge in [-0.15, -0.1) is 0 Å². The van der Waals surface area contributed by atoms with Gasteiger partial charge in [0.15, 0.2) is 11.5 Å². The Balaban J connectivity index is 3.04. The van der Waals surface area contributed by atoms with E-state index in [-0.39, 0.29) is 6.42 Å². The van der Waals surface area contributed by atoms with Crippen LogP contribution in [0.15, 0.2) is 16.6 Å². The Hall–Kier alpha value is -1.27. The standard InChI is InChI=1S/C12H16BrNO4/c1-3-18-10-6-7(5-9(14)12(15)16)4-8(13)11(10)17-2/h4,6,9H,3,5,14H2,1-2H3,(H,15,16). The van der Waals surface area contributed by atoms with Crippen LogP contribution < -0.4 is 15.2 Å². The first-order valence-corrected chi connectivity index (χ1v) is 6.26. The largest absolute Gasteiger partial charge is 0.492 e. The smallest absolute Gasteiger partial charge is 0.320 e. The number of carboxylic acids is 1. The minimum absolute atomic E-state index is 0.234. The molecule has 0 saturated carbocycles. The summed E-state index contributed by atoms with van der Waals surface area (Å²) in [5.74, 6) is 0.131. The van der Waals surface area contributed by atoms with E-state index in [0.29, 0.717) is 22.6 Å². The number of benzene rings is 1. The molecule has 1 aromatic rings. The van der Waals surface area contributed by atoms with Gasteiger partial charge < -0.3 is 20.3 Å². The van der Waals surface area contributed by atoms with Crippen LogP contribution in [0.1, 0.15) is 12.5 Å². The molecule has 0 aliphatic carbocycles. The van der Waals surface area contributed by atoms with Gasteiger partial charge >= 0.3 is 5.97 Å². The van der Waals surface area contributed by atoms with Gasteiger partial charge in [-0.3, -0.25) is 4.79 Å². The zero-order valence-corrected chi connectivity index (χ0v) is 11.9. The van der Waals surface area contributed by atoms with Crippen molar-refractivity contribution in [3.8, 4) is 11.5 Å². The molecule has 0 fully saturated rings. The lowest BCUT2D eigenvalue weighted by Crippen LogP contribution is -2.32. The predicted molar refractivity (Wildman–Crippen MR) is 71.2 cm³/mol. The summed E-state index contributed by atoms with van der Waals surface area (Å²) in [6, 6.07) is 2.60. The maximum absolute atomic E-state index is 10.7. The summed E-state index contributed by atoms with van der Waals surface area (Å²) in [4.78, 5) is 10.7. The molecule has 0 aliphatic rings. The van der Waals surface area contributed by atoms with Crippen LogP contribution in [0.4, 0.5) is 0 Å². The van der Waals surface area contributed by atoms with Crippen LogP contribution in [0.2, 0.25) is 0 Å². The lowest BCUT2D eigenvalue weighted by Gasteiger charge is -2.14. The Bertz CT molecular complexity index is 436. The highest BCUT2D eigenvalue weighted by Gasteiger charge is 2.16. The molecule has 100 valence electrons. The van der Waals surface area contributed by atoms with E-state index in [9.17, 15) is 4.79 Å². The molecule has 1 rings (SSSR count). The highest BCUT2D eigenvalue weighted by Crippen LogP contribution is 2.36. The number of ether oxygens (including phenoxy) is 2. The van der Waals surface area contributed by atoms with Gasteiger partial charge in [-0.1, -0.05) is 0 Å². The summed E-state index contributed by atoms with van der Waals surface area (Å²) >= 11 is 3.36. The highest BCUT2D eigenvalue weighted by molar-refractivity contribution is 9.10. The quantitative estimate of drug-likeness (QED) is 0.836. The molecule has 0 heterocycles. The molecule has 0 amide bonds. The van der Waals surface area contributed by atoms with E-state index in [1.54, 1.807) is 19.2 Å². The van der Waals surface area contributed by atoms with Gasteiger partial charge in [0, 0.05) is 0 Å². The lowest BCUT2D eigenvalue weighted by molar-refractivity contribution is -0.138. The number of hydrogen-bond donors (Lipinski definition) is 2. The lowest BCUT2D eigenvalue weighted by atomic mass is 10.1. The third-order valence-corrected chi connectivity index (χ3v) is 2.94. The van der Waals surface area contributed by atoms with Gasteiger partial charge in [-0.05, 0) is 47.0 Å². The summed E-state index contributed by atoms with van der Waals surface area (Å²) in [7, 11) is 1.55. The third kappa shape index (κ3) is 3.61. The van der Waals surface area contributed by atoms with Crippen molar-refractivity contribution < 1.29 is 19.4 Å². The van der Waals surface area contributed by atoms with Crippen molar-refractivity contribution in [1.29, 1.82) is 0 Å². The van der Waals surface area contributed by atoms with Crippen LogP contribution in [0, 0.1) is 0 Å². The molecule has 0 bridgehead atoms. The second-order valence-electron chi connectivity index (χ2n) is 3.69. The first-order valence-electron chi connectivity index (χ1n) is 5.47. The zero-order chi connectivity index (χ0) is 13.7. The van der Waals surface area contributed by atoms with E-state index >= 15 is 0 Å². The van der Waals surface area contributed by atoms with Crippen molar-refractivity contribution in [3.63, 3.8) is 0 Å². The third-order valence-electron chi connectivity index (χ3n) is 2.35. The second-order valence-corrected chi connectivity index (χ2v) is 4.55. The fourth-order valence-electron chi connectivity index (χ4n) is 1.54. The Kier molecular flexibility index (Phi) is 5.43. The summed E-state index contributed by atoms with van der Waals surface area (Å²) in [5, 5.41) is 8.79. The predicted octanol–water partition coefficient (Wildman–Crippen LogP) is 1.81. The number of hydrogen-bond acceptors (Lipinski definition) is 4. The van der Waals surface area contributed by atoms with Crippen LogP contribution in [-0.2, 0) is 11.2 Å². The molecule has 0 spiro atoms. The van der Waals surface area contributed by atoms with Crippen molar-refractivity contribution in [2.24, 2.45) is 5.73 Å². The molecule has 3 N–H and O–H groups in total. The Labute approximate surface area is 114 Å². The number of halogens is 1. The van der Waals surface area contributed by atoms with E-state index in [1.807, 2.05) is 6.92 Å². The minimum Gasteiger partial charge on any atom is -0.492 e.